The first kappa shape index (κ1) is 25.0. The van der Waals surface area contributed by atoms with Gasteiger partial charge in [0.2, 0.25) is 0 Å². The van der Waals surface area contributed by atoms with Gasteiger partial charge >= 0.3 is 17.9 Å². The van der Waals surface area contributed by atoms with Crippen molar-refractivity contribution in [2.45, 2.75) is 57.2 Å². The normalized spacial score (nSPS) is 27.4. The number of carbonyl (C=O) groups excluding carboxylic acids is 3. The molecule has 1 aromatic carbocycles. The standard InChI is InChI=1S/C22H28N2O8S/c1-13(25)29-12-17-19(30-14(2)26)20(31-15(3)27)18-21(32-17)33-22(24-18)23-9-10-28-11-16-7-5-4-6-8-16/h4-8,17-21H,9-12H2,1-3H3,(H,23,24)/t17-,18-,19-,20-,21-/m1/s1. The number of benzene rings is 1. The van der Waals surface area contributed by atoms with Gasteiger partial charge in [-0.25, -0.2) is 0 Å². The van der Waals surface area contributed by atoms with Gasteiger partial charge in [-0.2, -0.15) is 0 Å². The van der Waals surface area contributed by atoms with Gasteiger partial charge in [-0.05, 0) is 5.56 Å². The summed E-state index contributed by atoms with van der Waals surface area (Å²) in [6, 6.07) is 9.34. The molecule has 0 spiro atoms. The Labute approximate surface area is 196 Å². The molecule has 2 aliphatic rings. The molecule has 180 valence electrons. The third kappa shape index (κ3) is 7.44. The van der Waals surface area contributed by atoms with E-state index < -0.39 is 47.7 Å². The Hall–Kier alpha value is -2.63. The lowest BCUT2D eigenvalue weighted by Crippen LogP contribution is -2.62. The predicted molar refractivity (Wildman–Crippen MR) is 119 cm³/mol. The summed E-state index contributed by atoms with van der Waals surface area (Å²) < 4.78 is 27.7. The number of ether oxygens (including phenoxy) is 5. The van der Waals surface area contributed by atoms with Gasteiger partial charge in [0.25, 0.3) is 0 Å². The van der Waals surface area contributed by atoms with Crippen molar-refractivity contribution in [3.63, 3.8) is 0 Å². The van der Waals surface area contributed by atoms with Gasteiger partial charge in [0, 0.05) is 20.8 Å². The second-order valence-electron chi connectivity index (χ2n) is 7.51. The molecule has 0 saturated carbocycles. The fourth-order valence-corrected chi connectivity index (χ4v) is 4.66. The van der Waals surface area contributed by atoms with Crippen LogP contribution in [-0.2, 0) is 44.7 Å². The quantitative estimate of drug-likeness (QED) is 0.315. The zero-order valence-corrected chi connectivity index (χ0v) is 19.5. The number of thioether (sulfide) groups is 1. The summed E-state index contributed by atoms with van der Waals surface area (Å²) in [6.07, 6.45) is -2.60. The number of amidine groups is 1. The topological polar surface area (TPSA) is 122 Å². The van der Waals surface area contributed by atoms with Crippen LogP contribution < -0.4 is 5.32 Å². The molecule has 1 N–H and O–H groups in total. The van der Waals surface area contributed by atoms with E-state index in [1.165, 1.54) is 32.5 Å². The van der Waals surface area contributed by atoms with Crippen LogP contribution in [0.4, 0.5) is 0 Å². The highest BCUT2D eigenvalue weighted by Crippen LogP contribution is 2.36. The highest BCUT2D eigenvalue weighted by molar-refractivity contribution is 8.14. The molecule has 11 heteroatoms. The maximum absolute atomic E-state index is 11.8. The van der Waals surface area contributed by atoms with E-state index >= 15 is 0 Å². The number of hydrogen-bond donors (Lipinski definition) is 1. The van der Waals surface area contributed by atoms with E-state index in [-0.39, 0.29) is 6.61 Å². The number of aliphatic imine (C=N–C) groups is 1. The maximum Gasteiger partial charge on any atom is 0.303 e. The lowest BCUT2D eigenvalue weighted by molar-refractivity contribution is -0.209. The van der Waals surface area contributed by atoms with Crippen molar-refractivity contribution in [1.29, 1.82) is 0 Å². The fraction of sp³-hybridized carbons (Fsp3) is 0.545. The zero-order valence-electron chi connectivity index (χ0n) is 18.7. The minimum Gasteiger partial charge on any atom is -0.463 e. The number of carbonyl (C=O) groups is 3. The molecule has 2 saturated heterocycles. The van der Waals surface area contributed by atoms with Crippen LogP contribution in [0.1, 0.15) is 26.3 Å². The summed E-state index contributed by atoms with van der Waals surface area (Å²) in [5, 5.41) is 3.80. The fourth-order valence-electron chi connectivity index (χ4n) is 3.50. The molecule has 2 aliphatic heterocycles. The summed E-state index contributed by atoms with van der Waals surface area (Å²) in [5.74, 6) is -1.60. The summed E-state index contributed by atoms with van der Waals surface area (Å²) in [7, 11) is 0. The van der Waals surface area contributed by atoms with E-state index in [0.717, 1.165) is 5.56 Å². The van der Waals surface area contributed by atoms with E-state index in [9.17, 15) is 14.4 Å². The SMILES string of the molecule is CC(=O)OC[C@H]1O[C@@H]2SC(=NCCOCc3ccccc3)N[C@@H]2[C@@H](OC(C)=O)[C@@H]1OC(C)=O. The van der Waals surface area contributed by atoms with Crippen LogP contribution in [0.2, 0.25) is 0 Å². The van der Waals surface area contributed by atoms with Crippen LogP contribution in [0, 0.1) is 0 Å². The van der Waals surface area contributed by atoms with Crippen molar-refractivity contribution in [2.75, 3.05) is 19.8 Å². The lowest BCUT2D eigenvalue weighted by atomic mass is 9.97. The van der Waals surface area contributed by atoms with Crippen LogP contribution in [-0.4, -0.2) is 72.6 Å². The Balaban J connectivity index is 1.64. The molecule has 3 rings (SSSR count). The van der Waals surface area contributed by atoms with Crippen molar-refractivity contribution >= 4 is 34.8 Å². The number of nitrogens with one attached hydrogen (secondary N) is 1. The number of esters is 3. The minimum absolute atomic E-state index is 0.144. The van der Waals surface area contributed by atoms with Crippen molar-refractivity contribution < 1.29 is 38.1 Å². The number of rotatable bonds is 9. The van der Waals surface area contributed by atoms with Gasteiger partial charge < -0.3 is 29.0 Å². The Kier molecular flexibility index (Phi) is 9.10. The minimum atomic E-state index is -0.950. The van der Waals surface area contributed by atoms with E-state index in [4.69, 9.17) is 23.7 Å². The van der Waals surface area contributed by atoms with Crippen molar-refractivity contribution in [3.8, 4) is 0 Å². The first-order chi connectivity index (χ1) is 15.8. The van der Waals surface area contributed by atoms with Crippen molar-refractivity contribution in [1.82, 2.24) is 5.32 Å². The maximum atomic E-state index is 11.8. The largest absolute Gasteiger partial charge is 0.463 e. The number of fused-ring (bicyclic) bond motifs is 1. The predicted octanol–water partition coefficient (Wildman–Crippen LogP) is 1.42. The molecule has 10 nitrogen and oxygen atoms in total. The molecule has 33 heavy (non-hydrogen) atoms. The average Bonchev–Trinajstić information content (AvgIpc) is 3.16. The van der Waals surface area contributed by atoms with Crippen LogP contribution in [0.25, 0.3) is 0 Å². The average molecular weight is 481 g/mol. The number of hydrogen-bond acceptors (Lipinski definition) is 10. The highest BCUT2D eigenvalue weighted by Gasteiger charge is 2.53. The Morgan fingerprint density at radius 2 is 1.73 bits per heavy atom. The summed E-state index contributed by atoms with van der Waals surface area (Å²) in [6.45, 7) is 4.99. The first-order valence-electron chi connectivity index (χ1n) is 10.6. The Morgan fingerprint density at radius 3 is 2.39 bits per heavy atom. The number of nitrogens with zero attached hydrogens (tertiary/aromatic N) is 1. The van der Waals surface area contributed by atoms with Crippen molar-refractivity contribution in [3.05, 3.63) is 35.9 Å². The molecule has 5 atom stereocenters. The molecule has 0 unspecified atom stereocenters. The summed E-state index contributed by atoms with van der Waals surface area (Å²) in [4.78, 5) is 39.3. The van der Waals surface area contributed by atoms with E-state index in [2.05, 4.69) is 10.3 Å². The second-order valence-corrected chi connectivity index (χ2v) is 8.59. The van der Waals surface area contributed by atoms with E-state index in [1.807, 2.05) is 30.3 Å². The van der Waals surface area contributed by atoms with Crippen LogP contribution in [0.15, 0.2) is 35.3 Å². The second kappa shape index (κ2) is 12.0. The Bertz CT molecular complexity index is 865. The monoisotopic (exact) mass is 480 g/mol. The van der Waals surface area contributed by atoms with Gasteiger partial charge in [-0.3, -0.25) is 19.4 Å². The van der Waals surface area contributed by atoms with Gasteiger partial charge in [-0.1, -0.05) is 42.1 Å². The first-order valence-corrected chi connectivity index (χ1v) is 11.4. The van der Waals surface area contributed by atoms with Crippen LogP contribution in [0.5, 0.6) is 0 Å². The Morgan fingerprint density at radius 1 is 1.03 bits per heavy atom. The molecule has 0 bridgehead atoms. The third-order valence-electron chi connectivity index (χ3n) is 4.82. The smallest absolute Gasteiger partial charge is 0.303 e. The highest BCUT2D eigenvalue weighted by atomic mass is 32.2. The molecular weight excluding hydrogens is 452 g/mol. The molecule has 0 aromatic heterocycles. The van der Waals surface area contributed by atoms with Crippen LogP contribution in [0.3, 0.4) is 0 Å². The lowest BCUT2D eigenvalue weighted by Gasteiger charge is -2.41. The molecule has 0 amide bonds. The van der Waals surface area contributed by atoms with E-state index in [1.54, 1.807) is 0 Å². The molecule has 0 aliphatic carbocycles. The third-order valence-corrected chi connectivity index (χ3v) is 5.93. The van der Waals surface area contributed by atoms with Crippen LogP contribution >= 0.6 is 11.8 Å². The van der Waals surface area contributed by atoms with E-state index in [0.29, 0.717) is 24.9 Å². The van der Waals surface area contributed by atoms with Gasteiger partial charge in [0.15, 0.2) is 17.4 Å². The molecular formula is C22H28N2O8S. The van der Waals surface area contributed by atoms with Gasteiger partial charge in [0.05, 0.1) is 19.8 Å². The van der Waals surface area contributed by atoms with Crippen molar-refractivity contribution in [2.24, 2.45) is 4.99 Å². The molecule has 1 aromatic rings. The van der Waals surface area contributed by atoms with Gasteiger partial charge in [-0.15, -0.1) is 0 Å². The summed E-state index contributed by atoms with van der Waals surface area (Å²) in [5.41, 5.74) is 0.600. The molecule has 2 fully saturated rings. The van der Waals surface area contributed by atoms with Gasteiger partial charge in [0.1, 0.15) is 24.2 Å². The molecule has 0 radical (unpaired) electrons. The summed E-state index contributed by atoms with van der Waals surface area (Å²) >= 11 is 1.33. The zero-order chi connectivity index (χ0) is 23.8. The molecule has 2 heterocycles.